The molecule has 2 fully saturated rings. The fourth-order valence-corrected chi connectivity index (χ4v) is 10.5. The van der Waals surface area contributed by atoms with E-state index in [1.807, 2.05) is 58.4 Å². The second kappa shape index (κ2) is 27.7. The third-order valence-corrected chi connectivity index (χ3v) is 15.1. The third-order valence-electron chi connectivity index (χ3n) is 12.8. The quantitative estimate of drug-likeness (QED) is 0.0358. The van der Waals surface area contributed by atoms with Crippen LogP contribution in [0.4, 0.5) is 0 Å². The van der Waals surface area contributed by atoms with E-state index in [0.717, 1.165) is 99.6 Å². The van der Waals surface area contributed by atoms with Gasteiger partial charge >= 0.3 is 11.9 Å². The number of likely N-dealkylation sites (tertiary alicyclic amines) is 2. The van der Waals surface area contributed by atoms with Crippen molar-refractivity contribution in [3.05, 3.63) is 140 Å². The summed E-state index contributed by atoms with van der Waals surface area (Å²) in [7, 11) is 0. The molecule has 0 bridgehead atoms. The minimum absolute atomic E-state index is 0.0374. The van der Waals surface area contributed by atoms with Crippen LogP contribution in [0.5, 0.6) is 0 Å². The number of aromatic carboxylic acids is 2. The minimum atomic E-state index is -0.893. The first-order chi connectivity index (χ1) is 31.9. The van der Waals surface area contributed by atoms with Crippen LogP contribution < -0.4 is 0 Å². The lowest BCUT2D eigenvalue weighted by Crippen LogP contribution is -2.33. The number of benzene rings is 2. The van der Waals surface area contributed by atoms with E-state index in [1.165, 1.54) is 33.8 Å². The Morgan fingerprint density at radius 2 is 0.970 bits per heavy atom. The maximum absolute atomic E-state index is 12.3. The molecule has 0 spiro atoms. The molecule has 0 saturated carbocycles. The average Bonchev–Trinajstić information content (AvgIpc) is 4.14. The van der Waals surface area contributed by atoms with Crippen LogP contribution in [0.15, 0.2) is 109 Å². The third kappa shape index (κ3) is 17.4. The van der Waals surface area contributed by atoms with Crippen molar-refractivity contribution in [3.8, 4) is 0 Å². The lowest BCUT2D eigenvalue weighted by atomic mass is 9.95. The Balaban J connectivity index is 0.000000247. The number of aryl methyl sites for hydroxylation is 4. The fraction of sp³-hybridized carbons (Fsp3) is 0.481. The molecule has 66 heavy (non-hydrogen) atoms. The van der Waals surface area contributed by atoms with Gasteiger partial charge in [0.25, 0.3) is 0 Å². The number of thiophene rings is 2. The van der Waals surface area contributed by atoms with Gasteiger partial charge in [-0.25, -0.2) is 9.59 Å². The van der Waals surface area contributed by atoms with E-state index in [-0.39, 0.29) is 35.7 Å². The highest BCUT2D eigenvalue weighted by atomic mass is 32.1. The average molecular weight is 939 g/mol. The second-order valence-electron chi connectivity index (χ2n) is 17.9. The van der Waals surface area contributed by atoms with Gasteiger partial charge in [-0.2, -0.15) is 0 Å². The smallest absolute Gasteiger partial charge is 0.345 e. The summed E-state index contributed by atoms with van der Waals surface area (Å²) in [5.41, 5.74) is 2.72. The molecule has 4 aromatic rings. The van der Waals surface area contributed by atoms with Crippen LogP contribution in [0.3, 0.4) is 0 Å². The Labute approximate surface area is 399 Å². The summed E-state index contributed by atoms with van der Waals surface area (Å²) in [6, 6.07) is 28.0. The lowest BCUT2D eigenvalue weighted by Gasteiger charge is -2.23. The van der Waals surface area contributed by atoms with Gasteiger partial charge in [0.05, 0.1) is 24.3 Å². The highest BCUT2D eigenvalue weighted by Crippen LogP contribution is 2.26. The summed E-state index contributed by atoms with van der Waals surface area (Å²) < 4.78 is 0. The van der Waals surface area contributed by atoms with Crippen molar-refractivity contribution in [3.63, 3.8) is 0 Å². The number of hydrogen-bond acceptors (Lipinski definition) is 8. The SMILES string of the molecule is C[C@H](CCCCc1ccccc1)[C@@H](O)/C=C/[C@H]1CCC(=O)N1CCCc1ccc(C(=O)O)s1.C[C@H](CCCCc1ccccc1)[C@H](O)/C=C/[C@H]1CCC(=O)N1CCCc1ccc(C(=O)O)s1. The number of aliphatic hydroxyl groups excluding tert-OH is 2. The zero-order valence-corrected chi connectivity index (χ0v) is 40.4. The summed E-state index contributed by atoms with van der Waals surface area (Å²) in [5.74, 6) is -1.10. The molecule has 0 radical (unpaired) electrons. The van der Waals surface area contributed by atoms with Crippen LogP contribution in [-0.2, 0) is 35.3 Å². The predicted molar refractivity (Wildman–Crippen MR) is 265 cm³/mol. The van der Waals surface area contributed by atoms with Gasteiger partial charge in [0.1, 0.15) is 9.75 Å². The Hall–Kier alpha value is -4.88. The van der Waals surface area contributed by atoms with Gasteiger partial charge in [0.15, 0.2) is 0 Å². The van der Waals surface area contributed by atoms with E-state index >= 15 is 0 Å². The summed E-state index contributed by atoms with van der Waals surface area (Å²) in [5, 5.41) is 39.3. The zero-order chi connectivity index (χ0) is 47.3. The Morgan fingerprint density at radius 1 is 0.576 bits per heavy atom. The molecule has 0 aliphatic carbocycles. The number of amides is 2. The van der Waals surface area contributed by atoms with Crippen LogP contribution in [0.25, 0.3) is 0 Å². The first-order valence-electron chi connectivity index (χ1n) is 23.9. The molecule has 2 amide bonds. The number of aliphatic hydroxyl groups is 2. The van der Waals surface area contributed by atoms with E-state index < -0.39 is 24.1 Å². The minimum Gasteiger partial charge on any atom is -0.477 e. The van der Waals surface area contributed by atoms with Gasteiger partial charge in [0.2, 0.25) is 11.8 Å². The second-order valence-corrected chi connectivity index (χ2v) is 20.2. The van der Waals surface area contributed by atoms with Crippen molar-refractivity contribution in [2.45, 2.75) is 141 Å². The van der Waals surface area contributed by atoms with E-state index in [0.29, 0.717) is 35.7 Å². The number of unbranched alkanes of at least 4 members (excludes halogenated alkanes) is 2. The van der Waals surface area contributed by atoms with Crippen LogP contribution in [0, 0.1) is 11.8 Å². The van der Waals surface area contributed by atoms with E-state index in [4.69, 9.17) is 10.2 Å². The lowest BCUT2D eigenvalue weighted by molar-refractivity contribution is -0.129. The molecule has 0 unspecified atom stereocenters. The molecule has 2 aromatic heterocycles. The largest absolute Gasteiger partial charge is 0.477 e. The highest BCUT2D eigenvalue weighted by Gasteiger charge is 2.30. The van der Waals surface area contributed by atoms with Crippen molar-refractivity contribution in [2.24, 2.45) is 11.8 Å². The number of carboxylic acid groups (broad SMARTS) is 2. The van der Waals surface area contributed by atoms with Gasteiger partial charge in [-0.15, -0.1) is 22.7 Å². The van der Waals surface area contributed by atoms with Gasteiger partial charge < -0.3 is 30.2 Å². The Morgan fingerprint density at radius 3 is 1.33 bits per heavy atom. The summed E-state index contributed by atoms with van der Waals surface area (Å²) in [6.45, 7) is 5.47. The molecule has 4 heterocycles. The number of rotatable bonds is 26. The molecule has 4 N–H and O–H groups in total. The maximum atomic E-state index is 12.3. The molecular formula is C54H70N2O8S2. The monoisotopic (exact) mass is 938 g/mol. The van der Waals surface area contributed by atoms with E-state index in [1.54, 1.807) is 12.1 Å². The van der Waals surface area contributed by atoms with Crippen molar-refractivity contribution in [1.82, 2.24) is 9.80 Å². The molecule has 2 aliphatic heterocycles. The summed E-state index contributed by atoms with van der Waals surface area (Å²) >= 11 is 2.60. The maximum Gasteiger partial charge on any atom is 0.345 e. The first-order valence-corrected chi connectivity index (χ1v) is 25.5. The first kappa shape index (κ1) is 52.1. The van der Waals surface area contributed by atoms with Crippen molar-refractivity contribution in [1.29, 1.82) is 0 Å². The number of carbonyl (C=O) groups excluding carboxylic acids is 2. The van der Waals surface area contributed by atoms with Gasteiger partial charge in [-0.05, 0) is 124 Å². The fourth-order valence-electron chi connectivity index (χ4n) is 8.68. The Kier molecular flexibility index (Phi) is 21.9. The zero-order valence-electron chi connectivity index (χ0n) is 38.7. The number of hydrogen-bond donors (Lipinski definition) is 4. The van der Waals surface area contributed by atoms with Gasteiger partial charge in [-0.1, -0.05) is 112 Å². The number of carboxylic acids is 2. The molecule has 356 valence electrons. The molecule has 10 nitrogen and oxygen atoms in total. The normalized spacial score (nSPS) is 18.2. The van der Waals surface area contributed by atoms with Crippen LogP contribution in [0.2, 0.25) is 0 Å². The molecule has 6 atom stereocenters. The molecular weight excluding hydrogens is 869 g/mol. The number of carbonyl (C=O) groups is 4. The van der Waals surface area contributed by atoms with Crippen LogP contribution in [0.1, 0.15) is 131 Å². The molecule has 2 aliphatic rings. The van der Waals surface area contributed by atoms with E-state index in [9.17, 15) is 29.4 Å². The van der Waals surface area contributed by atoms with E-state index in [2.05, 4.69) is 62.4 Å². The molecule has 12 heteroatoms. The van der Waals surface area contributed by atoms with Crippen molar-refractivity contribution < 1.29 is 39.6 Å². The molecule has 2 aromatic carbocycles. The summed E-state index contributed by atoms with van der Waals surface area (Å²) in [6.07, 6.45) is 21.0. The molecule has 6 rings (SSSR count). The Bertz CT molecular complexity index is 2000. The van der Waals surface area contributed by atoms with Crippen LogP contribution >= 0.6 is 22.7 Å². The van der Waals surface area contributed by atoms with Gasteiger partial charge in [-0.3, -0.25) is 9.59 Å². The number of nitrogens with zero attached hydrogens (tertiary/aromatic N) is 2. The topological polar surface area (TPSA) is 156 Å². The molecule has 2 saturated heterocycles. The standard InChI is InChI=1S/2C27H35NO4S/c2*1-20(8-5-6-11-21-9-3-2-4-10-21)24(29)16-13-22-14-18-26(30)28(22)19-7-12-23-15-17-25(33-23)27(31)32/h2*2-4,9-10,13,15-17,20,22,24,29H,5-8,11-12,14,18-19H2,1H3,(H,31,32)/b2*16-13+/t20-,22+,24+;20-,22+,24-/m11/s1. The summed E-state index contributed by atoms with van der Waals surface area (Å²) in [4.78, 5) is 53.3. The van der Waals surface area contributed by atoms with Crippen molar-refractivity contribution >= 4 is 46.4 Å². The highest BCUT2D eigenvalue weighted by molar-refractivity contribution is 7.14. The predicted octanol–water partition coefficient (Wildman–Crippen LogP) is 10.7. The van der Waals surface area contributed by atoms with Crippen LogP contribution in [-0.4, -0.2) is 91.4 Å². The van der Waals surface area contributed by atoms with Gasteiger partial charge in [0, 0.05) is 35.7 Å². The van der Waals surface area contributed by atoms with Crippen molar-refractivity contribution in [2.75, 3.05) is 13.1 Å².